The van der Waals surface area contributed by atoms with Gasteiger partial charge in [-0.2, -0.15) is 0 Å². The van der Waals surface area contributed by atoms with Gasteiger partial charge in [-0.05, 0) is 38.2 Å². The van der Waals surface area contributed by atoms with Gasteiger partial charge in [-0.1, -0.05) is 30.7 Å². The van der Waals surface area contributed by atoms with Crippen LogP contribution in [-0.2, 0) is 9.59 Å². The molecule has 152 valence electrons. The van der Waals surface area contributed by atoms with E-state index in [9.17, 15) is 9.59 Å². The Hall–Kier alpha value is -2.96. The van der Waals surface area contributed by atoms with Crippen LogP contribution in [0.25, 0.3) is 11.4 Å². The van der Waals surface area contributed by atoms with Crippen LogP contribution in [0.3, 0.4) is 0 Å². The fourth-order valence-corrected chi connectivity index (χ4v) is 3.99. The fourth-order valence-electron chi connectivity index (χ4n) is 3.99. The maximum absolute atomic E-state index is 12.2. The molecule has 7 heteroatoms. The number of nitrogens with one attached hydrogen (secondary N) is 2. The summed E-state index contributed by atoms with van der Waals surface area (Å²) >= 11 is 0. The van der Waals surface area contributed by atoms with Crippen LogP contribution in [0.1, 0.15) is 38.2 Å². The molecule has 7 nitrogen and oxygen atoms in total. The van der Waals surface area contributed by atoms with Crippen molar-refractivity contribution in [1.29, 1.82) is 0 Å². The molecule has 2 aromatic rings. The van der Waals surface area contributed by atoms with Crippen molar-refractivity contribution in [3.63, 3.8) is 0 Å². The largest absolute Gasteiger partial charge is 0.358 e. The molecule has 1 aromatic carbocycles. The molecule has 2 amide bonds. The number of aromatic nitrogens is 2. The second-order valence-electron chi connectivity index (χ2n) is 8.15. The number of carbonyl (C=O) groups excluding carboxylic acids is 2. The molecule has 29 heavy (non-hydrogen) atoms. The van der Waals surface area contributed by atoms with Crippen LogP contribution in [0.5, 0.6) is 0 Å². The molecule has 2 atom stereocenters. The van der Waals surface area contributed by atoms with Crippen molar-refractivity contribution in [1.82, 2.24) is 15.3 Å². The first-order valence-electron chi connectivity index (χ1n) is 10.3. The van der Waals surface area contributed by atoms with Gasteiger partial charge < -0.3 is 10.2 Å². The van der Waals surface area contributed by atoms with Crippen LogP contribution < -0.4 is 15.5 Å². The molecular formula is C22H27N5O2. The third-order valence-electron chi connectivity index (χ3n) is 5.53. The summed E-state index contributed by atoms with van der Waals surface area (Å²) in [6.45, 7) is 6.23. The van der Waals surface area contributed by atoms with Gasteiger partial charge in [0.1, 0.15) is 17.7 Å². The molecule has 2 aliphatic heterocycles. The number of carbonyl (C=O) groups is 2. The van der Waals surface area contributed by atoms with Crippen molar-refractivity contribution in [2.75, 3.05) is 23.3 Å². The van der Waals surface area contributed by atoms with E-state index in [2.05, 4.69) is 28.5 Å². The molecule has 0 saturated carbocycles. The number of imide groups is 1. The molecular weight excluding hydrogens is 366 g/mol. The van der Waals surface area contributed by atoms with E-state index in [4.69, 9.17) is 9.97 Å². The van der Waals surface area contributed by atoms with Gasteiger partial charge in [-0.25, -0.2) is 9.97 Å². The zero-order valence-corrected chi connectivity index (χ0v) is 16.9. The number of anilines is 2. The Morgan fingerprint density at radius 2 is 2.03 bits per heavy atom. The van der Waals surface area contributed by atoms with Crippen LogP contribution in [0.15, 0.2) is 30.3 Å². The predicted molar refractivity (Wildman–Crippen MR) is 113 cm³/mol. The van der Waals surface area contributed by atoms with E-state index in [-0.39, 0.29) is 11.8 Å². The normalized spacial score (nSPS) is 22.3. The van der Waals surface area contributed by atoms with E-state index in [0.29, 0.717) is 30.4 Å². The average molecular weight is 393 g/mol. The zero-order chi connectivity index (χ0) is 20.4. The second-order valence-corrected chi connectivity index (χ2v) is 8.15. The van der Waals surface area contributed by atoms with Crippen molar-refractivity contribution in [2.24, 2.45) is 5.92 Å². The highest BCUT2D eigenvalue weighted by Gasteiger charge is 2.27. The number of aryl methyl sites for hydroxylation is 1. The highest BCUT2D eigenvalue weighted by Crippen LogP contribution is 2.27. The summed E-state index contributed by atoms with van der Waals surface area (Å²) in [4.78, 5) is 35.5. The maximum atomic E-state index is 12.2. The predicted octanol–water partition coefficient (Wildman–Crippen LogP) is 2.91. The highest BCUT2D eigenvalue weighted by atomic mass is 16.2. The first-order chi connectivity index (χ1) is 14.0. The topological polar surface area (TPSA) is 87.2 Å². The molecule has 0 bridgehead atoms. The van der Waals surface area contributed by atoms with Gasteiger partial charge in [0.15, 0.2) is 5.82 Å². The maximum Gasteiger partial charge on any atom is 0.249 e. The van der Waals surface area contributed by atoms with Gasteiger partial charge in [0.05, 0.1) is 0 Å². The first-order valence-corrected chi connectivity index (χ1v) is 10.3. The summed E-state index contributed by atoms with van der Waals surface area (Å²) in [5.41, 5.74) is 2.09. The summed E-state index contributed by atoms with van der Waals surface area (Å²) in [5, 5.41) is 5.62. The number of hydrogen-bond donors (Lipinski definition) is 2. The van der Waals surface area contributed by atoms with Gasteiger partial charge in [-0.3, -0.25) is 14.9 Å². The van der Waals surface area contributed by atoms with E-state index in [0.717, 1.165) is 36.5 Å². The van der Waals surface area contributed by atoms with E-state index < -0.39 is 6.04 Å². The quantitative estimate of drug-likeness (QED) is 0.777. The number of nitrogens with zero attached hydrogens (tertiary/aromatic N) is 3. The molecule has 3 heterocycles. The summed E-state index contributed by atoms with van der Waals surface area (Å²) in [6.07, 6.45) is 3.16. The summed E-state index contributed by atoms with van der Waals surface area (Å²) in [6, 6.07) is 9.55. The van der Waals surface area contributed by atoms with Crippen LogP contribution in [-0.4, -0.2) is 40.9 Å². The molecule has 2 aliphatic rings. The molecule has 0 radical (unpaired) electrons. The lowest BCUT2D eigenvalue weighted by molar-refractivity contribution is -0.133. The molecule has 0 aliphatic carbocycles. The van der Waals surface area contributed by atoms with Gasteiger partial charge in [0.2, 0.25) is 11.8 Å². The first kappa shape index (κ1) is 19.4. The summed E-state index contributed by atoms with van der Waals surface area (Å²) in [5.74, 6) is 2.22. The Morgan fingerprint density at radius 3 is 2.79 bits per heavy atom. The van der Waals surface area contributed by atoms with Crippen molar-refractivity contribution in [3.05, 3.63) is 35.9 Å². The number of amides is 2. The van der Waals surface area contributed by atoms with Crippen molar-refractivity contribution >= 4 is 23.5 Å². The SMILES string of the molecule is Cc1cccc(-c2nc(NC3CCC(=O)NC3=O)cc(N3CCCC(C)C3)n2)c1. The number of benzene rings is 1. The lowest BCUT2D eigenvalue weighted by atomic mass is 10.0. The lowest BCUT2D eigenvalue weighted by Gasteiger charge is -2.32. The molecule has 0 spiro atoms. The van der Waals surface area contributed by atoms with Gasteiger partial charge in [0.25, 0.3) is 0 Å². The van der Waals surface area contributed by atoms with Crippen molar-refractivity contribution in [2.45, 2.75) is 45.6 Å². The van der Waals surface area contributed by atoms with Crippen LogP contribution >= 0.6 is 0 Å². The van der Waals surface area contributed by atoms with E-state index in [1.807, 2.05) is 31.2 Å². The van der Waals surface area contributed by atoms with Gasteiger partial charge >= 0.3 is 0 Å². The average Bonchev–Trinajstić information content (AvgIpc) is 2.70. The van der Waals surface area contributed by atoms with E-state index >= 15 is 0 Å². The third-order valence-corrected chi connectivity index (χ3v) is 5.53. The summed E-state index contributed by atoms with van der Waals surface area (Å²) in [7, 11) is 0. The minimum atomic E-state index is -0.471. The fraction of sp³-hybridized carbons (Fsp3) is 0.455. The number of rotatable bonds is 4. The lowest BCUT2D eigenvalue weighted by Crippen LogP contribution is -2.47. The van der Waals surface area contributed by atoms with Crippen LogP contribution in [0, 0.1) is 12.8 Å². The summed E-state index contributed by atoms with van der Waals surface area (Å²) < 4.78 is 0. The molecule has 2 saturated heterocycles. The Labute approximate surface area is 170 Å². The Kier molecular flexibility index (Phi) is 5.47. The van der Waals surface area contributed by atoms with E-state index in [1.165, 1.54) is 6.42 Å². The Bertz CT molecular complexity index is 929. The van der Waals surface area contributed by atoms with Crippen LogP contribution in [0.4, 0.5) is 11.6 Å². The molecule has 2 unspecified atom stereocenters. The highest BCUT2D eigenvalue weighted by molar-refractivity contribution is 6.01. The molecule has 2 fully saturated rings. The Morgan fingerprint density at radius 1 is 1.17 bits per heavy atom. The van der Waals surface area contributed by atoms with Gasteiger partial charge in [-0.15, -0.1) is 0 Å². The minimum Gasteiger partial charge on any atom is -0.358 e. The van der Waals surface area contributed by atoms with Gasteiger partial charge in [0, 0.05) is 31.1 Å². The second kappa shape index (κ2) is 8.19. The number of hydrogen-bond acceptors (Lipinski definition) is 6. The zero-order valence-electron chi connectivity index (χ0n) is 16.9. The van der Waals surface area contributed by atoms with E-state index in [1.54, 1.807) is 0 Å². The molecule has 4 rings (SSSR count). The molecule has 1 aromatic heterocycles. The van der Waals surface area contributed by atoms with Crippen molar-refractivity contribution in [3.8, 4) is 11.4 Å². The Balaban J connectivity index is 1.67. The van der Waals surface area contributed by atoms with Crippen molar-refractivity contribution < 1.29 is 9.59 Å². The third kappa shape index (κ3) is 4.55. The smallest absolute Gasteiger partial charge is 0.249 e. The standard InChI is InChI=1S/C22H27N5O2/c1-14-5-3-7-16(11-14)21-24-18(23-17-8-9-20(28)26-22(17)29)12-19(25-21)27-10-4-6-15(2)13-27/h3,5,7,11-12,15,17H,4,6,8-10,13H2,1-2H3,(H,23,24,25)(H,26,28,29). The van der Waals surface area contributed by atoms with Crippen LogP contribution in [0.2, 0.25) is 0 Å². The molecule has 2 N–H and O–H groups in total. The monoisotopic (exact) mass is 393 g/mol. The minimum absolute atomic E-state index is 0.223. The number of piperidine rings is 2.